The van der Waals surface area contributed by atoms with Crippen molar-refractivity contribution in [1.82, 2.24) is 9.80 Å². The lowest BCUT2D eigenvalue weighted by atomic mass is 9.70. The minimum atomic E-state index is -0.854. The fraction of sp³-hybridized carbons (Fsp3) is 0.536. The van der Waals surface area contributed by atoms with E-state index in [1.54, 1.807) is 69.9 Å². The zero-order valence-electron chi connectivity index (χ0n) is 21.9. The van der Waals surface area contributed by atoms with Gasteiger partial charge in [-0.1, -0.05) is 53.5 Å². The van der Waals surface area contributed by atoms with Crippen LogP contribution in [0.25, 0.3) is 0 Å². The number of carbonyl (C=O) groups excluding carboxylic acids is 3. The predicted molar refractivity (Wildman–Crippen MR) is 157 cm³/mol. The summed E-state index contributed by atoms with van der Waals surface area (Å²) in [7, 11) is 1.72. The van der Waals surface area contributed by atoms with Crippen LogP contribution in [0.15, 0.2) is 49.6 Å². The van der Waals surface area contributed by atoms with Crippen molar-refractivity contribution in [3.05, 3.63) is 54.6 Å². The van der Waals surface area contributed by atoms with Crippen molar-refractivity contribution in [2.75, 3.05) is 31.6 Å². The summed E-state index contributed by atoms with van der Waals surface area (Å²) >= 11 is 11.5. The Kier molecular flexibility index (Phi) is 8.72. The van der Waals surface area contributed by atoms with Crippen LogP contribution in [0.4, 0.5) is 5.69 Å². The van der Waals surface area contributed by atoms with Crippen LogP contribution in [0.2, 0.25) is 5.02 Å². The number of nitrogens with zero attached hydrogens (tertiary/aromatic N) is 3. The average Bonchev–Trinajstić information content (AvgIpc) is 3.46. The first-order valence-electron chi connectivity index (χ1n) is 12.8. The number of rotatable bonds is 10. The molecule has 206 valence electrons. The van der Waals surface area contributed by atoms with Crippen molar-refractivity contribution in [3.63, 3.8) is 0 Å². The number of thioether (sulfide) groups is 1. The predicted octanol–water partition coefficient (Wildman–Crippen LogP) is 3.98. The Labute approximate surface area is 242 Å². The standard InChI is InChI=1S/C28H35BrClN3O4S/c1-6-12-31(5)25(35)21-22-26(36)33(20(15-34)16(3)4)24(28(22)14-19(29)23(21)38-28)27(37)32(13-7-2)18-10-8-17(30)9-11-18/h6-11,16,19-24,34H,1-2,12-15H2,3-5H3/t19?,20-,21+,22-,23+,24?,28?/m0/s1. The molecule has 3 amide bonds. The molecule has 1 aromatic carbocycles. The fourth-order valence-corrected chi connectivity index (χ4v) is 10.1. The van der Waals surface area contributed by atoms with Gasteiger partial charge in [-0.3, -0.25) is 14.4 Å². The monoisotopic (exact) mass is 623 g/mol. The molecule has 3 saturated heterocycles. The number of likely N-dealkylation sites (tertiary alicyclic amines) is 1. The summed E-state index contributed by atoms with van der Waals surface area (Å²) in [6.45, 7) is 11.8. The van der Waals surface area contributed by atoms with Crippen LogP contribution in [-0.2, 0) is 14.4 Å². The molecule has 0 aliphatic carbocycles. The van der Waals surface area contributed by atoms with E-state index in [0.717, 1.165) is 0 Å². The average molecular weight is 625 g/mol. The number of aliphatic hydroxyl groups excluding tert-OH is 1. The smallest absolute Gasteiger partial charge is 0.251 e. The highest BCUT2D eigenvalue weighted by atomic mass is 79.9. The Morgan fingerprint density at radius 1 is 1.24 bits per heavy atom. The van der Waals surface area contributed by atoms with Crippen LogP contribution in [0.5, 0.6) is 0 Å². The largest absolute Gasteiger partial charge is 0.394 e. The minimum Gasteiger partial charge on any atom is -0.394 e. The molecule has 0 saturated carbocycles. The summed E-state index contributed by atoms with van der Waals surface area (Å²) in [6, 6.07) is 5.57. The van der Waals surface area contributed by atoms with E-state index in [1.165, 1.54) is 0 Å². The van der Waals surface area contributed by atoms with E-state index in [0.29, 0.717) is 23.7 Å². The molecule has 4 rings (SSSR count). The van der Waals surface area contributed by atoms with Gasteiger partial charge in [0, 0.05) is 40.9 Å². The van der Waals surface area contributed by atoms with Crippen molar-refractivity contribution in [2.45, 2.75) is 47.2 Å². The van der Waals surface area contributed by atoms with E-state index in [1.807, 2.05) is 13.8 Å². The molecule has 1 spiro atoms. The Balaban J connectivity index is 1.85. The summed E-state index contributed by atoms with van der Waals surface area (Å²) in [5.74, 6) is -1.94. The van der Waals surface area contributed by atoms with Gasteiger partial charge in [0.1, 0.15) is 6.04 Å². The van der Waals surface area contributed by atoms with Crippen LogP contribution < -0.4 is 4.90 Å². The molecule has 3 fully saturated rings. The van der Waals surface area contributed by atoms with E-state index in [2.05, 4.69) is 29.1 Å². The molecular weight excluding hydrogens is 590 g/mol. The molecule has 7 atom stereocenters. The lowest BCUT2D eigenvalue weighted by Crippen LogP contribution is -2.59. The quantitative estimate of drug-likeness (QED) is 0.315. The van der Waals surface area contributed by atoms with Crippen molar-refractivity contribution in [1.29, 1.82) is 0 Å². The van der Waals surface area contributed by atoms with Crippen LogP contribution in [0.3, 0.4) is 0 Å². The Bertz CT molecular complexity index is 1120. The van der Waals surface area contributed by atoms with Gasteiger partial charge in [-0.2, -0.15) is 0 Å². The number of likely N-dealkylation sites (N-methyl/N-ethyl adjacent to an activating group) is 1. The number of carbonyl (C=O) groups is 3. The Hall–Kier alpha value is -1.81. The van der Waals surface area contributed by atoms with Gasteiger partial charge in [0.05, 0.1) is 29.2 Å². The first-order chi connectivity index (χ1) is 18.0. The summed E-state index contributed by atoms with van der Waals surface area (Å²) in [4.78, 5) is 47.4. The highest BCUT2D eigenvalue weighted by Gasteiger charge is 2.76. The highest BCUT2D eigenvalue weighted by Crippen LogP contribution is 2.68. The van der Waals surface area contributed by atoms with Crippen LogP contribution >= 0.6 is 39.3 Å². The van der Waals surface area contributed by atoms with Crippen LogP contribution in [0, 0.1) is 17.8 Å². The molecule has 1 aromatic rings. The van der Waals surface area contributed by atoms with E-state index in [4.69, 9.17) is 11.6 Å². The van der Waals surface area contributed by atoms with Gasteiger partial charge in [-0.15, -0.1) is 24.9 Å². The number of benzene rings is 1. The molecule has 38 heavy (non-hydrogen) atoms. The van der Waals surface area contributed by atoms with Gasteiger partial charge in [0.15, 0.2) is 0 Å². The number of halogens is 2. The summed E-state index contributed by atoms with van der Waals surface area (Å²) < 4.78 is -0.809. The van der Waals surface area contributed by atoms with Crippen molar-refractivity contribution in [2.24, 2.45) is 17.8 Å². The second-order valence-electron chi connectivity index (χ2n) is 10.6. The molecule has 1 N–H and O–H groups in total. The minimum absolute atomic E-state index is 0.0344. The summed E-state index contributed by atoms with van der Waals surface area (Å²) in [5.41, 5.74) is 0.642. The van der Waals surface area contributed by atoms with Gasteiger partial charge < -0.3 is 19.8 Å². The number of alkyl halides is 1. The molecule has 2 bridgehead atoms. The molecule has 3 aliphatic rings. The molecule has 3 aliphatic heterocycles. The summed E-state index contributed by atoms with van der Waals surface area (Å²) in [6.07, 6.45) is 3.88. The molecule has 7 nitrogen and oxygen atoms in total. The third-order valence-electron chi connectivity index (χ3n) is 8.06. The number of hydrogen-bond donors (Lipinski definition) is 1. The number of aliphatic hydroxyl groups is 1. The van der Waals surface area contributed by atoms with Gasteiger partial charge in [-0.25, -0.2) is 0 Å². The second-order valence-corrected chi connectivity index (χ2v) is 13.8. The van der Waals surface area contributed by atoms with Gasteiger partial charge in [-0.05, 0) is 36.6 Å². The third-order valence-corrected chi connectivity index (χ3v) is 11.5. The van der Waals surface area contributed by atoms with E-state index in [9.17, 15) is 19.5 Å². The first-order valence-corrected chi connectivity index (χ1v) is 15.0. The lowest BCUT2D eigenvalue weighted by molar-refractivity contribution is -0.145. The van der Waals surface area contributed by atoms with E-state index >= 15 is 0 Å². The maximum absolute atomic E-state index is 14.6. The SMILES string of the molecule is C=CCN(C)C(=O)[C@H]1[C@@H]2SC3(CC2Br)C(C(=O)N(CC=C)c2ccc(Cl)cc2)N([C@@H](CO)C(C)C)C(=O)[C@H]13. The molecule has 10 heteroatoms. The van der Waals surface area contributed by atoms with Crippen LogP contribution in [0.1, 0.15) is 20.3 Å². The maximum atomic E-state index is 14.6. The normalized spacial score (nSPS) is 30.3. The third kappa shape index (κ3) is 4.63. The number of fused-ring (bicyclic) bond motifs is 1. The molecule has 0 radical (unpaired) electrons. The van der Waals surface area contributed by atoms with Gasteiger partial charge in [0.25, 0.3) is 5.91 Å². The number of amides is 3. The molecule has 0 aromatic heterocycles. The molecule has 3 heterocycles. The maximum Gasteiger partial charge on any atom is 0.251 e. The highest BCUT2D eigenvalue weighted by molar-refractivity contribution is 9.09. The van der Waals surface area contributed by atoms with E-state index < -0.39 is 28.7 Å². The Morgan fingerprint density at radius 2 is 1.87 bits per heavy atom. The van der Waals surface area contributed by atoms with Gasteiger partial charge >= 0.3 is 0 Å². The molecular formula is C28H35BrClN3O4S. The number of anilines is 1. The summed E-state index contributed by atoms with van der Waals surface area (Å²) in [5, 5.41) is 10.8. The van der Waals surface area contributed by atoms with Crippen molar-refractivity contribution >= 4 is 62.7 Å². The zero-order chi connectivity index (χ0) is 27.9. The number of hydrogen-bond acceptors (Lipinski definition) is 5. The lowest BCUT2D eigenvalue weighted by Gasteiger charge is -2.41. The second kappa shape index (κ2) is 11.4. The Morgan fingerprint density at radius 3 is 2.42 bits per heavy atom. The van der Waals surface area contributed by atoms with Gasteiger partial charge in [0.2, 0.25) is 11.8 Å². The first kappa shape index (κ1) is 29.2. The topological polar surface area (TPSA) is 81.2 Å². The van der Waals surface area contributed by atoms with Crippen molar-refractivity contribution < 1.29 is 19.5 Å². The fourth-order valence-electron chi connectivity index (χ4n) is 6.36. The van der Waals surface area contributed by atoms with Crippen molar-refractivity contribution in [3.8, 4) is 0 Å². The van der Waals surface area contributed by atoms with Crippen LogP contribution in [-0.4, -0.2) is 86.3 Å². The van der Waals surface area contributed by atoms with E-state index in [-0.39, 0.29) is 46.9 Å². The molecule has 3 unspecified atom stereocenters. The zero-order valence-corrected chi connectivity index (χ0v) is 25.1.